The van der Waals surface area contributed by atoms with Gasteiger partial charge in [-0.15, -0.1) is 0 Å². The number of hydrogen-bond donors (Lipinski definition) is 7. The third-order valence-corrected chi connectivity index (χ3v) is 16.0. The third-order valence-electron chi connectivity index (χ3n) is 8.56. The fraction of sp³-hybridized carbons (Fsp3) is 0.867. The monoisotopic (exact) mass is 1110 g/mol. The van der Waals surface area contributed by atoms with E-state index >= 15 is 0 Å². The maximum absolute atomic E-state index is 11.0. The van der Waals surface area contributed by atoms with Crippen molar-refractivity contribution in [3.05, 3.63) is 11.4 Å². The summed E-state index contributed by atoms with van der Waals surface area (Å²) in [5.41, 5.74) is 13.1. The molecule has 3 unspecified atom stereocenters. The first-order chi connectivity index (χ1) is 30.5. The minimum atomic E-state index is -0.802. The molecule has 1 radical (unpaired) electrons. The van der Waals surface area contributed by atoms with Gasteiger partial charge >= 0.3 is 112 Å². The van der Waals surface area contributed by atoms with Crippen LogP contribution in [0, 0.1) is 11.8 Å². The van der Waals surface area contributed by atoms with Gasteiger partial charge in [-0.05, 0) is 50.4 Å². The number of aliphatic hydroxyl groups is 1. The molecule has 19 heteroatoms. The summed E-state index contributed by atoms with van der Waals surface area (Å²) in [4.78, 5) is 44.1. The van der Waals surface area contributed by atoms with Crippen molar-refractivity contribution in [1.82, 2.24) is 20.5 Å². The number of carbonyl (C=O) groups is 4. The van der Waals surface area contributed by atoms with Gasteiger partial charge in [0.1, 0.15) is 12.7 Å². The van der Waals surface area contributed by atoms with Gasteiger partial charge < -0.3 is 46.4 Å². The molecule has 0 saturated carbocycles. The van der Waals surface area contributed by atoms with E-state index < -0.39 is 17.9 Å². The van der Waals surface area contributed by atoms with Crippen LogP contribution in [0.15, 0.2) is 11.4 Å². The predicted molar refractivity (Wildman–Crippen MR) is 262 cm³/mol. The Kier molecular flexibility index (Phi) is 59.3. The van der Waals surface area contributed by atoms with Gasteiger partial charge in [0, 0.05) is 38.9 Å². The average molecular weight is 1110 g/mol. The second-order valence-corrected chi connectivity index (χ2v) is 22.1. The molecule has 0 aromatic carbocycles. The van der Waals surface area contributed by atoms with Crippen molar-refractivity contribution in [1.29, 1.82) is 0 Å². The molecule has 0 bridgehead atoms. The molecule has 1 aliphatic heterocycles. The maximum Gasteiger partial charge on any atom is 0.100 e. The normalized spacial score (nSPS) is 17.7. The second kappa shape index (κ2) is 52.8. The number of rotatable bonds is 22. The SMILES string of the molecule is CC.CC.CC.CC(=O)NCCOCCOCC(=O)NCC(N)=O.CC(C)CCO.CCC1CN(C(=O)O)CC([Se][Ba])O1.CCCCN(N)/C1=C(\N)CCCCCC1OCCC(C)C. The number of amides is 4. The van der Waals surface area contributed by atoms with Crippen molar-refractivity contribution in [2.75, 3.05) is 72.4 Å². The van der Waals surface area contributed by atoms with E-state index in [4.69, 9.17) is 46.5 Å². The first kappa shape index (κ1) is 71.9. The van der Waals surface area contributed by atoms with Gasteiger partial charge in [0.15, 0.2) is 0 Å². The average Bonchev–Trinajstić information content (AvgIpc) is 3.27. The number of allylic oxidation sites excluding steroid dienone is 1. The molecule has 10 N–H and O–H groups in total. The molecule has 4 amide bonds. The Hall–Kier alpha value is -1.13. The van der Waals surface area contributed by atoms with Gasteiger partial charge in [-0.1, -0.05) is 95.4 Å². The molecule has 3 atom stereocenters. The zero-order valence-electron chi connectivity index (χ0n) is 42.6. The van der Waals surface area contributed by atoms with Crippen molar-refractivity contribution in [3.8, 4) is 0 Å². The summed E-state index contributed by atoms with van der Waals surface area (Å²) >= 11 is 0.749. The molecule has 1 heterocycles. The summed E-state index contributed by atoms with van der Waals surface area (Å²) in [5, 5.41) is 24.0. The van der Waals surface area contributed by atoms with E-state index in [1.54, 1.807) is 0 Å². The Morgan fingerprint density at radius 2 is 1.53 bits per heavy atom. The summed E-state index contributed by atoms with van der Waals surface area (Å²) < 4.78 is 22.0. The summed E-state index contributed by atoms with van der Waals surface area (Å²) in [6.07, 6.45) is 10.7. The molecule has 17 nitrogen and oxygen atoms in total. The quantitative estimate of drug-likeness (QED) is 0.0316. The van der Waals surface area contributed by atoms with E-state index in [1.165, 1.54) is 24.7 Å². The minimum absolute atomic E-state index is 0.0749. The maximum atomic E-state index is 11.0. The molecule has 64 heavy (non-hydrogen) atoms. The standard InChI is InChI=1S/C17H35N3O.C10H19N3O5.C7H13NO3Se.C5H12O.3C2H6.Ba/c1-4-5-12-20(19)17-15(18)9-7-6-8-10-16(17)21-13-11-14(2)3;1-8(14)12-2-3-17-4-5-18-7-10(16)13-6-9(11)15;1-2-5-3-8(7(9)10)4-6(12)11-5;1-5(2)3-4-6;3*1-2;/h14,16H,4-13,18-19H2,1-3H3;2-7H2,1H3,(H2,11,15)(H,12,14)(H,13,16);5-6,12H,2-4H2,1H3,(H,9,10);5-6H,3-4H2,1-2H3;3*1-2H3;/q;;;;;;;+1/p-1/b17-15-;;;;;;;. The first-order valence-electron chi connectivity index (χ1n) is 23.7. The number of morpholine rings is 1. The zero-order chi connectivity index (χ0) is 50.3. The molecule has 0 aromatic rings. The molecule has 2 aliphatic rings. The van der Waals surface area contributed by atoms with Gasteiger partial charge in [0.2, 0.25) is 17.7 Å². The van der Waals surface area contributed by atoms with E-state index in [0.29, 0.717) is 57.5 Å². The Balaban J connectivity index is -0.000000245. The summed E-state index contributed by atoms with van der Waals surface area (Å²) in [5.74, 6) is 6.47. The van der Waals surface area contributed by atoms with Gasteiger partial charge in [-0.2, -0.15) is 0 Å². The van der Waals surface area contributed by atoms with Crippen LogP contribution in [0.1, 0.15) is 154 Å². The van der Waals surface area contributed by atoms with Crippen LogP contribution in [0.25, 0.3) is 0 Å². The molecule has 1 aliphatic carbocycles. The van der Waals surface area contributed by atoms with Crippen molar-refractivity contribution in [3.63, 3.8) is 0 Å². The number of aliphatic hydroxyl groups excluding tert-OH is 1. The van der Waals surface area contributed by atoms with Crippen LogP contribution in [0.4, 0.5) is 4.79 Å². The molecule has 379 valence electrons. The largest absolute Gasteiger partial charge is 0.401 e. The first-order valence-corrected chi connectivity index (χ1v) is 35.4. The Morgan fingerprint density at radius 1 is 0.922 bits per heavy atom. The number of unbranched alkanes of at least 4 members (excludes halogenated alkanes) is 1. The molecule has 0 spiro atoms. The molecular formula is C45H96BaN7O10Se. The number of hydrogen-bond acceptors (Lipinski definition) is 12. The second-order valence-electron chi connectivity index (χ2n) is 14.8. The van der Waals surface area contributed by atoms with Crippen molar-refractivity contribution in [2.45, 2.75) is 171 Å². The number of nitrogens with zero attached hydrogens (tertiary/aromatic N) is 2. The van der Waals surface area contributed by atoms with Gasteiger partial charge in [-0.25, -0.2) is 5.84 Å². The van der Waals surface area contributed by atoms with E-state index in [1.807, 2.05) is 53.5 Å². The molecule has 0 aromatic heterocycles. The van der Waals surface area contributed by atoms with Crippen LogP contribution in [-0.4, -0.2) is 183 Å². The Labute approximate surface area is 422 Å². The number of ether oxygens (including phenoxy) is 4. The van der Waals surface area contributed by atoms with Crippen molar-refractivity contribution < 1.29 is 48.3 Å². The minimum Gasteiger partial charge on any atom is -0.401 e. The Morgan fingerprint density at radius 3 is 2.02 bits per heavy atom. The fourth-order valence-corrected chi connectivity index (χ4v) is 9.27. The van der Waals surface area contributed by atoms with Gasteiger partial charge in [0.25, 0.3) is 0 Å². The van der Waals surface area contributed by atoms with Crippen LogP contribution in [0.5, 0.6) is 0 Å². The van der Waals surface area contributed by atoms with Gasteiger partial charge in [0.05, 0.1) is 32.1 Å². The third kappa shape index (κ3) is 47.4. The van der Waals surface area contributed by atoms with E-state index in [2.05, 4.69) is 45.3 Å². The molecule has 1 saturated heterocycles. The number of carboxylic acid groups (broad SMARTS) is 1. The number of hydrazine groups is 1. The number of nitrogens with one attached hydrogen (secondary N) is 2. The van der Waals surface area contributed by atoms with Gasteiger partial charge in [-0.3, -0.25) is 14.4 Å². The van der Waals surface area contributed by atoms with Crippen LogP contribution in [0.3, 0.4) is 0 Å². The number of nitrogens with two attached hydrogens (primary N) is 3. The topological polar surface area (TPSA) is 254 Å². The predicted octanol–water partition coefficient (Wildman–Crippen LogP) is 5.28. The van der Waals surface area contributed by atoms with E-state index in [-0.39, 0.29) is 42.9 Å². The Bertz CT molecular complexity index is 1120. The van der Waals surface area contributed by atoms with Crippen molar-refractivity contribution in [2.24, 2.45) is 29.1 Å². The molecule has 1 fully saturated rings. The molecular weight excluding hydrogens is 1010 g/mol. The van der Waals surface area contributed by atoms with E-state index in [9.17, 15) is 19.2 Å². The fourth-order valence-electron chi connectivity index (χ4n) is 5.17. The summed E-state index contributed by atoms with van der Waals surface area (Å²) in [6.45, 7) is 30.5. The van der Waals surface area contributed by atoms with Crippen LogP contribution < -0.4 is 27.9 Å². The van der Waals surface area contributed by atoms with Crippen LogP contribution in [0.2, 0.25) is 0 Å². The summed E-state index contributed by atoms with van der Waals surface area (Å²) in [6, 6.07) is 0. The van der Waals surface area contributed by atoms with E-state index in [0.717, 1.165) is 119 Å². The number of primary amides is 1. The van der Waals surface area contributed by atoms with Crippen LogP contribution >= 0.6 is 0 Å². The molecule has 2 rings (SSSR count). The van der Waals surface area contributed by atoms with Crippen LogP contribution in [-0.2, 0) is 33.3 Å². The summed E-state index contributed by atoms with van der Waals surface area (Å²) in [7, 11) is 0. The zero-order valence-corrected chi connectivity index (χ0v) is 48.8. The van der Waals surface area contributed by atoms with Crippen molar-refractivity contribution >= 4 is 73.1 Å². The number of carbonyl (C=O) groups excluding carboxylic acids is 3. The smallest absolute Gasteiger partial charge is 0.100 e.